The van der Waals surface area contributed by atoms with Crippen molar-refractivity contribution in [2.75, 3.05) is 32.8 Å². The lowest BCUT2D eigenvalue weighted by molar-refractivity contribution is 0.0730. The van der Waals surface area contributed by atoms with Gasteiger partial charge in [-0.2, -0.15) is 4.31 Å². The Kier molecular flexibility index (Phi) is 7.23. The van der Waals surface area contributed by atoms with Gasteiger partial charge in [-0.3, -0.25) is 4.79 Å². The van der Waals surface area contributed by atoms with Crippen LogP contribution in [0.1, 0.15) is 33.0 Å². The number of hydrogen-bond donors (Lipinski definition) is 1. The van der Waals surface area contributed by atoms with Gasteiger partial charge in [-0.15, -0.1) is 0 Å². The van der Waals surface area contributed by atoms with Gasteiger partial charge in [0.2, 0.25) is 10.0 Å². The normalized spacial score (nSPS) is 14.8. The van der Waals surface area contributed by atoms with Crippen LogP contribution in [-0.2, 0) is 14.8 Å². The van der Waals surface area contributed by atoms with Gasteiger partial charge in [-0.1, -0.05) is 66.7 Å². The first-order chi connectivity index (χ1) is 16.0. The number of benzene rings is 3. The molecule has 7 heteroatoms. The number of sulfonamides is 1. The zero-order valence-corrected chi connectivity index (χ0v) is 19.4. The average molecular weight is 465 g/mol. The molecule has 4 rings (SSSR count). The Morgan fingerprint density at radius 2 is 1.52 bits per heavy atom. The molecule has 1 N–H and O–H groups in total. The minimum atomic E-state index is -3.69. The molecule has 1 heterocycles. The highest BCUT2D eigenvalue weighted by molar-refractivity contribution is 7.89. The van der Waals surface area contributed by atoms with Crippen molar-refractivity contribution in [3.8, 4) is 0 Å². The van der Waals surface area contributed by atoms with E-state index >= 15 is 0 Å². The van der Waals surface area contributed by atoms with E-state index in [1.807, 2.05) is 60.7 Å². The number of nitrogens with one attached hydrogen (secondary N) is 1. The van der Waals surface area contributed by atoms with Crippen molar-refractivity contribution >= 4 is 15.9 Å². The molecule has 0 bridgehead atoms. The van der Waals surface area contributed by atoms with E-state index in [0.29, 0.717) is 44.0 Å². The van der Waals surface area contributed by atoms with Crippen molar-refractivity contribution in [2.45, 2.75) is 17.7 Å². The molecule has 1 amide bonds. The fourth-order valence-electron chi connectivity index (χ4n) is 4.04. The number of hydrogen-bond acceptors (Lipinski definition) is 4. The summed E-state index contributed by atoms with van der Waals surface area (Å²) in [4.78, 5) is 13.2. The van der Waals surface area contributed by atoms with E-state index in [9.17, 15) is 13.2 Å². The number of nitrogens with zero attached hydrogens (tertiary/aromatic N) is 1. The molecule has 3 aromatic carbocycles. The lowest BCUT2D eigenvalue weighted by atomic mass is 9.91. The maximum absolute atomic E-state index is 13.2. The molecule has 1 aliphatic heterocycles. The van der Waals surface area contributed by atoms with E-state index in [1.165, 1.54) is 10.4 Å². The number of rotatable bonds is 7. The third kappa shape index (κ3) is 5.33. The van der Waals surface area contributed by atoms with Crippen molar-refractivity contribution in [1.82, 2.24) is 9.62 Å². The second kappa shape index (κ2) is 10.3. The third-order valence-corrected chi connectivity index (χ3v) is 7.95. The highest BCUT2D eigenvalue weighted by Gasteiger charge is 2.28. The Bertz CT molecular complexity index is 1150. The Labute approximate surface area is 195 Å². The van der Waals surface area contributed by atoms with Crippen molar-refractivity contribution in [1.29, 1.82) is 0 Å². The summed E-state index contributed by atoms with van der Waals surface area (Å²) >= 11 is 0. The van der Waals surface area contributed by atoms with Gasteiger partial charge in [0.15, 0.2) is 0 Å². The van der Waals surface area contributed by atoms with Crippen molar-refractivity contribution < 1.29 is 17.9 Å². The van der Waals surface area contributed by atoms with Gasteiger partial charge in [0.05, 0.1) is 18.1 Å². The third-order valence-electron chi connectivity index (χ3n) is 5.91. The Hall–Kier alpha value is -3.00. The summed E-state index contributed by atoms with van der Waals surface area (Å²) in [6, 6.07) is 24.9. The van der Waals surface area contributed by atoms with Gasteiger partial charge >= 0.3 is 0 Å². The number of carbonyl (C=O) groups excluding carboxylic acids is 1. The van der Waals surface area contributed by atoms with Crippen molar-refractivity contribution in [3.63, 3.8) is 0 Å². The second-order valence-corrected chi connectivity index (χ2v) is 9.99. The molecule has 1 saturated heterocycles. The quantitative estimate of drug-likeness (QED) is 0.580. The smallest absolute Gasteiger partial charge is 0.251 e. The summed E-state index contributed by atoms with van der Waals surface area (Å²) in [5, 5.41) is 3.01. The number of ether oxygens (including phenoxy) is 1. The fraction of sp³-hybridized carbons (Fsp3) is 0.269. The first-order valence-electron chi connectivity index (χ1n) is 11.0. The Balaban J connectivity index is 1.55. The fourth-order valence-corrected chi connectivity index (χ4v) is 5.70. The lowest BCUT2D eigenvalue weighted by Crippen LogP contribution is -2.41. The van der Waals surface area contributed by atoms with Crippen LogP contribution in [0.3, 0.4) is 0 Å². The van der Waals surface area contributed by atoms with E-state index in [4.69, 9.17) is 4.74 Å². The molecule has 0 aliphatic carbocycles. The zero-order chi connectivity index (χ0) is 23.3. The molecular formula is C26H28N2O4S. The maximum atomic E-state index is 13.2. The van der Waals surface area contributed by atoms with Crippen LogP contribution in [0.2, 0.25) is 0 Å². The van der Waals surface area contributed by atoms with E-state index < -0.39 is 10.0 Å². The minimum absolute atomic E-state index is 0.0154. The van der Waals surface area contributed by atoms with Crippen LogP contribution in [0, 0.1) is 6.92 Å². The van der Waals surface area contributed by atoms with Crippen LogP contribution in [0.4, 0.5) is 0 Å². The molecular weight excluding hydrogens is 436 g/mol. The predicted octanol–water partition coefficient (Wildman–Crippen LogP) is 3.58. The van der Waals surface area contributed by atoms with Gasteiger partial charge in [0, 0.05) is 31.1 Å². The van der Waals surface area contributed by atoms with Crippen LogP contribution >= 0.6 is 0 Å². The maximum Gasteiger partial charge on any atom is 0.251 e. The monoisotopic (exact) mass is 464 g/mol. The summed E-state index contributed by atoms with van der Waals surface area (Å²) < 4.78 is 33.0. The predicted molar refractivity (Wildman–Crippen MR) is 128 cm³/mol. The van der Waals surface area contributed by atoms with Crippen LogP contribution in [0.5, 0.6) is 0 Å². The average Bonchev–Trinajstić information content (AvgIpc) is 2.86. The molecule has 0 aromatic heterocycles. The molecule has 0 saturated carbocycles. The highest BCUT2D eigenvalue weighted by Crippen LogP contribution is 2.25. The van der Waals surface area contributed by atoms with Crippen molar-refractivity contribution in [2.24, 2.45) is 0 Å². The standard InChI is InChI=1S/C26H28N2O4S/c1-20-12-13-23(18-25(20)33(30,31)28-14-16-32-17-15-28)26(29)27-19-24(21-8-4-2-5-9-21)22-10-6-3-7-11-22/h2-13,18,24H,14-17,19H2,1H3,(H,27,29). The molecule has 33 heavy (non-hydrogen) atoms. The topological polar surface area (TPSA) is 75.7 Å². The summed E-state index contributed by atoms with van der Waals surface area (Å²) in [6.45, 7) is 3.52. The molecule has 0 spiro atoms. The molecule has 0 atom stereocenters. The highest BCUT2D eigenvalue weighted by atomic mass is 32.2. The van der Waals surface area contributed by atoms with Crippen LogP contribution in [-0.4, -0.2) is 51.5 Å². The van der Waals surface area contributed by atoms with Crippen molar-refractivity contribution in [3.05, 3.63) is 101 Å². The van der Waals surface area contributed by atoms with Crippen LogP contribution in [0.15, 0.2) is 83.8 Å². The number of amides is 1. The van der Waals surface area contributed by atoms with E-state index in [-0.39, 0.29) is 16.7 Å². The summed E-state index contributed by atoms with van der Waals surface area (Å²) in [6.07, 6.45) is 0. The first kappa shape index (κ1) is 23.2. The zero-order valence-electron chi connectivity index (χ0n) is 18.6. The van der Waals surface area contributed by atoms with Gasteiger partial charge in [-0.05, 0) is 35.7 Å². The summed E-state index contributed by atoms with van der Waals surface area (Å²) in [7, 11) is -3.69. The lowest BCUT2D eigenvalue weighted by Gasteiger charge is -2.26. The molecule has 3 aromatic rings. The number of carbonyl (C=O) groups is 1. The van der Waals surface area contributed by atoms with E-state index in [1.54, 1.807) is 19.1 Å². The molecule has 0 unspecified atom stereocenters. The van der Waals surface area contributed by atoms with Gasteiger partial charge in [0.1, 0.15) is 0 Å². The number of morpholine rings is 1. The molecule has 1 aliphatic rings. The molecule has 6 nitrogen and oxygen atoms in total. The SMILES string of the molecule is Cc1ccc(C(=O)NCC(c2ccccc2)c2ccccc2)cc1S(=O)(=O)N1CCOCC1. The summed E-state index contributed by atoms with van der Waals surface area (Å²) in [5.41, 5.74) is 3.14. The molecule has 1 fully saturated rings. The van der Waals surface area contributed by atoms with E-state index in [2.05, 4.69) is 5.32 Å². The largest absolute Gasteiger partial charge is 0.379 e. The molecule has 172 valence electrons. The molecule has 0 radical (unpaired) electrons. The summed E-state index contributed by atoms with van der Waals surface area (Å²) in [5.74, 6) is -0.316. The van der Waals surface area contributed by atoms with E-state index in [0.717, 1.165) is 11.1 Å². The number of aryl methyl sites for hydroxylation is 1. The second-order valence-electron chi connectivity index (χ2n) is 8.08. The Morgan fingerprint density at radius 1 is 0.939 bits per heavy atom. The van der Waals surface area contributed by atoms with Crippen LogP contribution < -0.4 is 5.32 Å². The minimum Gasteiger partial charge on any atom is -0.379 e. The van der Waals surface area contributed by atoms with Gasteiger partial charge in [-0.25, -0.2) is 8.42 Å². The van der Waals surface area contributed by atoms with Gasteiger partial charge in [0.25, 0.3) is 5.91 Å². The van der Waals surface area contributed by atoms with Crippen LogP contribution in [0.25, 0.3) is 0 Å². The first-order valence-corrected chi connectivity index (χ1v) is 12.5. The Morgan fingerprint density at radius 3 is 2.09 bits per heavy atom. The van der Waals surface area contributed by atoms with Gasteiger partial charge < -0.3 is 10.1 Å².